The second-order valence-electron chi connectivity index (χ2n) is 7.13. The number of nitrogens with one attached hydrogen (secondary N) is 1. The Morgan fingerprint density at radius 3 is 2.45 bits per heavy atom. The molecule has 0 radical (unpaired) electrons. The van der Waals surface area contributed by atoms with Crippen molar-refractivity contribution in [1.82, 2.24) is 15.0 Å². The number of halogens is 3. The number of rotatable bonds is 5. The summed E-state index contributed by atoms with van der Waals surface area (Å²) in [4.78, 5) is 12.2. The van der Waals surface area contributed by atoms with Crippen molar-refractivity contribution in [1.29, 1.82) is 0 Å². The molecule has 3 nitrogen and oxygen atoms in total. The molecule has 29 heavy (non-hydrogen) atoms. The predicted molar refractivity (Wildman–Crippen MR) is 107 cm³/mol. The average Bonchev–Trinajstić information content (AvgIpc) is 3.11. The largest absolute Gasteiger partial charge is 0.416 e. The molecule has 4 aromatic rings. The molecule has 0 unspecified atom stereocenters. The molecule has 1 aromatic carbocycles. The van der Waals surface area contributed by atoms with E-state index in [1.165, 1.54) is 17.7 Å². The maximum atomic E-state index is 12.7. The van der Waals surface area contributed by atoms with Crippen LogP contribution >= 0.6 is 0 Å². The van der Waals surface area contributed by atoms with E-state index >= 15 is 0 Å². The summed E-state index contributed by atoms with van der Waals surface area (Å²) in [6, 6.07) is 13.4. The lowest BCUT2D eigenvalue weighted by molar-refractivity contribution is -0.137. The lowest BCUT2D eigenvalue weighted by Crippen LogP contribution is -2.05. The van der Waals surface area contributed by atoms with Crippen molar-refractivity contribution in [3.8, 4) is 0 Å². The summed E-state index contributed by atoms with van der Waals surface area (Å²) in [6.45, 7) is 1.99. The number of fused-ring (bicyclic) bond motifs is 1. The number of alkyl halides is 3. The molecule has 0 saturated carbocycles. The van der Waals surface area contributed by atoms with Gasteiger partial charge in [0.05, 0.1) is 5.56 Å². The Balaban J connectivity index is 1.43. The van der Waals surface area contributed by atoms with Crippen LogP contribution in [0.3, 0.4) is 0 Å². The van der Waals surface area contributed by atoms with E-state index in [-0.39, 0.29) is 0 Å². The maximum absolute atomic E-state index is 12.7. The lowest BCUT2D eigenvalue weighted by atomic mass is 10.0. The van der Waals surface area contributed by atoms with Crippen LogP contribution in [0.1, 0.15) is 33.6 Å². The quantitative estimate of drug-likeness (QED) is 0.474. The minimum absolute atomic E-state index is 0.618. The zero-order valence-electron chi connectivity index (χ0n) is 15.9. The first-order valence-electron chi connectivity index (χ1n) is 9.42. The van der Waals surface area contributed by atoms with Crippen molar-refractivity contribution in [2.45, 2.75) is 32.4 Å². The Bertz CT molecular complexity index is 1130. The fraction of sp³-hybridized carbons (Fsp3) is 0.217. The van der Waals surface area contributed by atoms with Crippen LogP contribution in [-0.2, 0) is 25.4 Å². The van der Waals surface area contributed by atoms with Crippen molar-refractivity contribution in [2.24, 2.45) is 0 Å². The van der Waals surface area contributed by atoms with Gasteiger partial charge < -0.3 is 4.98 Å². The highest BCUT2D eigenvalue weighted by Gasteiger charge is 2.29. The molecule has 0 atom stereocenters. The maximum Gasteiger partial charge on any atom is 0.416 e. The minimum atomic E-state index is -4.30. The number of hydrogen-bond donors (Lipinski definition) is 1. The van der Waals surface area contributed by atoms with Gasteiger partial charge in [-0.1, -0.05) is 18.2 Å². The molecule has 0 amide bonds. The van der Waals surface area contributed by atoms with Gasteiger partial charge in [-0.3, -0.25) is 4.98 Å². The van der Waals surface area contributed by atoms with E-state index in [2.05, 4.69) is 22.1 Å². The molecule has 6 heteroatoms. The smallest absolute Gasteiger partial charge is 0.346 e. The molecular formula is C23H20F3N3. The minimum Gasteiger partial charge on any atom is -0.346 e. The van der Waals surface area contributed by atoms with E-state index in [1.807, 2.05) is 25.3 Å². The third-order valence-electron chi connectivity index (χ3n) is 5.12. The topological polar surface area (TPSA) is 41.6 Å². The molecule has 3 heterocycles. The highest BCUT2D eigenvalue weighted by Crippen LogP contribution is 2.29. The standard InChI is InChI=1S/C23H20F3N3/c1-15-17(13-18-14-28-22-21(18)3-2-12-27-22)7-11-20(29-15)10-6-16-4-8-19(9-5-16)23(24,25)26/h2-5,7-9,11-12,14H,6,10,13H2,1H3,(H,27,28). The van der Waals surface area contributed by atoms with Gasteiger partial charge in [0.2, 0.25) is 0 Å². The number of nitrogens with zero attached hydrogens (tertiary/aromatic N) is 2. The highest BCUT2D eigenvalue weighted by molar-refractivity contribution is 5.79. The zero-order valence-corrected chi connectivity index (χ0v) is 15.9. The van der Waals surface area contributed by atoms with Crippen LogP contribution < -0.4 is 0 Å². The highest BCUT2D eigenvalue weighted by atomic mass is 19.4. The Labute approximate surface area is 166 Å². The Hall–Kier alpha value is -3.15. The summed E-state index contributed by atoms with van der Waals surface area (Å²) >= 11 is 0. The molecule has 0 fully saturated rings. The average molecular weight is 395 g/mol. The molecule has 0 saturated heterocycles. The second-order valence-corrected chi connectivity index (χ2v) is 7.13. The third kappa shape index (κ3) is 4.31. The van der Waals surface area contributed by atoms with Gasteiger partial charge in [-0.2, -0.15) is 13.2 Å². The lowest BCUT2D eigenvalue weighted by Gasteiger charge is -2.09. The van der Waals surface area contributed by atoms with E-state index in [0.29, 0.717) is 12.8 Å². The molecule has 3 aromatic heterocycles. The van der Waals surface area contributed by atoms with Crippen molar-refractivity contribution in [3.05, 3.63) is 94.6 Å². The first-order chi connectivity index (χ1) is 13.9. The Kier molecular flexibility index (Phi) is 5.09. The number of H-pyrrole nitrogens is 1. The van der Waals surface area contributed by atoms with Crippen LogP contribution in [-0.4, -0.2) is 15.0 Å². The van der Waals surface area contributed by atoms with E-state index < -0.39 is 11.7 Å². The second kappa shape index (κ2) is 7.70. The van der Waals surface area contributed by atoms with Gasteiger partial charge in [0.15, 0.2) is 0 Å². The molecular weight excluding hydrogens is 375 g/mol. The van der Waals surface area contributed by atoms with Crippen molar-refractivity contribution < 1.29 is 13.2 Å². The van der Waals surface area contributed by atoms with Gasteiger partial charge >= 0.3 is 6.18 Å². The molecule has 0 aliphatic carbocycles. The van der Waals surface area contributed by atoms with Crippen molar-refractivity contribution >= 4 is 11.0 Å². The van der Waals surface area contributed by atoms with Gasteiger partial charge in [-0.05, 0) is 66.8 Å². The molecule has 0 bridgehead atoms. The third-order valence-corrected chi connectivity index (χ3v) is 5.12. The first kappa shape index (κ1) is 19.2. The zero-order chi connectivity index (χ0) is 20.4. The van der Waals surface area contributed by atoms with Crippen LogP contribution in [0, 0.1) is 6.92 Å². The Morgan fingerprint density at radius 1 is 0.931 bits per heavy atom. The number of aromatic nitrogens is 3. The summed E-state index contributed by atoms with van der Waals surface area (Å²) in [6.07, 6.45) is 1.55. The van der Waals surface area contributed by atoms with Crippen LogP contribution in [0.2, 0.25) is 0 Å². The van der Waals surface area contributed by atoms with E-state index in [4.69, 9.17) is 4.98 Å². The monoisotopic (exact) mass is 395 g/mol. The van der Waals surface area contributed by atoms with Gasteiger partial charge in [-0.25, -0.2) is 4.98 Å². The number of benzene rings is 1. The van der Waals surface area contributed by atoms with Gasteiger partial charge in [0.1, 0.15) is 5.65 Å². The fourth-order valence-electron chi connectivity index (χ4n) is 3.46. The van der Waals surface area contributed by atoms with Crippen LogP contribution in [0.5, 0.6) is 0 Å². The summed E-state index contributed by atoms with van der Waals surface area (Å²) in [7, 11) is 0. The van der Waals surface area contributed by atoms with Crippen LogP contribution in [0.15, 0.2) is 60.9 Å². The van der Waals surface area contributed by atoms with E-state index in [0.717, 1.165) is 52.1 Å². The fourth-order valence-corrected chi connectivity index (χ4v) is 3.46. The summed E-state index contributed by atoms with van der Waals surface area (Å²) in [5.74, 6) is 0. The van der Waals surface area contributed by atoms with Gasteiger partial charge in [0, 0.05) is 35.6 Å². The Morgan fingerprint density at radius 2 is 1.72 bits per heavy atom. The number of pyridine rings is 2. The van der Waals surface area contributed by atoms with E-state index in [1.54, 1.807) is 6.20 Å². The van der Waals surface area contributed by atoms with Crippen molar-refractivity contribution in [3.63, 3.8) is 0 Å². The summed E-state index contributed by atoms with van der Waals surface area (Å²) in [5.41, 5.74) is 5.35. The number of aromatic amines is 1. The molecule has 0 aliphatic heterocycles. The van der Waals surface area contributed by atoms with Crippen LogP contribution in [0.4, 0.5) is 13.2 Å². The molecule has 1 N–H and O–H groups in total. The normalized spacial score (nSPS) is 11.9. The number of hydrogen-bond acceptors (Lipinski definition) is 2. The van der Waals surface area contributed by atoms with Crippen LogP contribution in [0.25, 0.3) is 11.0 Å². The van der Waals surface area contributed by atoms with Gasteiger partial charge in [-0.15, -0.1) is 0 Å². The number of aryl methyl sites for hydroxylation is 3. The van der Waals surface area contributed by atoms with E-state index in [9.17, 15) is 13.2 Å². The van der Waals surface area contributed by atoms with Gasteiger partial charge in [0.25, 0.3) is 0 Å². The SMILES string of the molecule is Cc1nc(CCc2ccc(C(F)(F)F)cc2)ccc1Cc1c[nH]c2ncccc12. The van der Waals surface area contributed by atoms with Crippen molar-refractivity contribution in [2.75, 3.05) is 0 Å². The summed E-state index contributed by atoms with van der Waals surface area (Å²) in [5, 5.41) is 1.11. The molecule has 0 aliphatic rings. The summed E-state index contributed by atoms with van der Waals surface area (Å²) < 4.78 is 38.0. The molecule has 148 valence electrons. The predicted octanol–water partition coefficient (Wildman–Crippen LogP) is 5.66. The molecule has 0 spiro atoms. The molecule has 4 rings (SSSR count). The first-order valence-corrected chi connectivity index (χ1v) is 9.42.